The van der Waals surface area contributed by atoms with Crippen LogP contribution in [0.15, 0.2) is 32.7 Å². The largest absolute Gasteiger partial charge is 0.387 e. The van der Waals surface area contributed by atoms with Crippen LogP contribution in [0.1, 0.15) is 0 Å². The molecule has 0 spiro atoms. The first kappa shape index (κ1) is 9.56. The number of benzene rings is 1. The zero-order valence-corrected chi connectivity index (χ0v) is 10.7. The lowest BCUT2D eigenvalue weighted by atomic mass is 10.1. The fraction of sp³-hybridized carbons (Fsp3) is 0.0833. The van der Waals surface area contributed by atoms with Crippen molar-refractivity contribution in [1.82, 2.24) is 10.2 Å². The van der Waals surface area contributed by atoms with E-state index in [-0.39, 0.29) is 0 Å². The summed E-state index contributed by atoms with van der Waals surface area (Å²) in [5, 5.41) is 14.2. The number of aromatic amines is 1. The highest BCUT2D eigenvalue weighted by molar-refractivity contribution is 8.01. The quantitative estimate of drug-likeness (QED) is 0.546. The van der Waals surface area contributed by atoms with E-state index in [2.05, 4.69) is 39.1 Å². The molecule has 3 nitrogen and oxygen atoms in total. The molecule has 0 atom stereocenters. The lowest BCUT2D eigenvalue weighted by Gasteiger charge is -2.14. The van der Waals surface area contributed by atoms with Gasteiger partial charge in [-0.3, -0.25) is 5.10 Å². The van der Waals surface area contributed by atoms with E-state index >= 15 is 0 Å². The lowest BCUT2D eigenvalue weighted by molar-refractivity contribution is 1.12. The molecule has 4 rings (SSSR count). The summed E-state index contributed by atoms with van der Waals surface area (Å²) in [6.45, 7) is 0. The maximum atomic E-state index is 4.46. The van der Waals surface area contributed by atoms with Gasteiger partial charge in [0.1, 0.15) is 5.69 Å². The predicted molar refractivity (Wildman–Crippen MR) is 73.1 cm³/mol. The van der Waals surface area contributed by atoms with E-state index in [1.165, 1.54) is 25.7 Å². The lowest BCUT2D eigenvalue weighted by Crippen LogP contribution is -1.94. The zero-order valence-electron chi connectivity index (χ0n) is 9.07. The molecule has 1 aliphatic rings. The van der Waals surface area contributed by atoms with Gasteiger partial charge in [-0.15, -0.1) is 11.3 Å². The highest BCUT2D eigenvalue weighted by Crippen LogP contribution is 2.51. The topological polar surface area (TPSA) is 40.7 Å². The number of nitrogens with one attached hydrogen (secondary N) is 2. The van der Waals surface area contributed by atoms with Crippen molar-refractivity contribution in [2.24, 2.45) is 0 Å². The molecule has 3 heterocycles. The monoisotopic (exact) mass is 259 g/mol. The van der Waals surface area contributed by atoms with Crippen LogP contribution in [-0.4, -0.2) is 17.2 Å². The molecule has 2 N–H and O–H groups in total. The number of H-pyrrole nitrogens is 1. The minimum atomic E-state index is 1.09. The van der Waals surface area contributed by atoms with E-state index in [1.807, 2.05) is 18.8 Å². The third-order valence-electron chi connectivity index (χ3n) is 3.03. The fourth-order valence-electron chi connectivity index (χ4n) is 2.22. The van der Waals surface area contributed by atoms with Crippen LogP contribution >= 0.6 is 23.1 Å². The molecule has 5 heteroatoms. The van der Waals surface area contributed by atoms with Crippen LogP contribution < -0.4 is 5.32 Å². The van der Waals surface area contributed by atoms with Gasteiger partial charge in [0.15, 0.2) is 0 Å². The number of hydrogen-bond acceptors (Lipinski definition) is 4. The van der Waals surface area contributed by atoms with Gasteiger partial charge in [-0.2, -0.15) is 5.10 Å². The van der Waals surface area contributed by atoms with Gasteiger partial charge in [-0.25, -0.2) is 0 Å². The summed E-state index contributed by atoms with van der Waals surface area (Å²) < 4.78 is 1.33. The second kappa shape index (κ2) is 3.27. The summed E-state index contributed by atoms with van der Waals surface area (Å²) >= 11 is 3.61. The third kappa shape index (κ3) is 1.15. The van der Waals surface area contributed by atoms with Gasteiger partial charge in [-0.05, 0) is 23.6 Å². The normalized spacial score (nSPS) is 12.8. The van der Waals surface area contributed by atoms with Crippen molar-refractivity contribution in [2.75, 3.05) is 12.4 Å². The molecule has 17 heavy (non-hydrogen) atoms. The number of hydrogen-bond donors (Lipinski definition) is 2. The first-order chi connectivity index (χ1) is 8.38. The van der Waals surface area contributed by atoms with Crippen molar-refractivity contribution in [3.05, 3.63) is 23.6 Å². The molecule has 0 fully saturated rings. The molecule has 84 valence electrons. The minimum absolute atomic E-state index is 1.09. The molecule has 0 aliphatic carbocycles. The molecule has 0 radical (unpaired) electrons. The fourth-order valence-corrected chi connectivity index (χ4v) is 4.50. The van der Waals surface area contributed by atoms with Gasteiger partial charge in [0.05, 0.1) is 9.73 Å². The van der Waals surface area contributed by atoms with Gasteiger partial charge in [0, 0.05) is 28.6 Å². The van der Waals surface area contributed by atoms with Crippen molar-refractivity contribution in [1.29, 1.82) is 0 Å². The average Bonchev–Trinajstić information content (AvgIpc) is 2.96. The average molecular weight is 259 g/mol. The molecule has 0 amide bonds. The number of nitrogens with zero attached hydrogens (tertiary/aromatic N) is 1. The van der Waals surface area contributed by atoms with Gasteiger partial charge >= 0.3 is 0 Å². The van der Waals surface area contributed by atoms with E-state index in [1.54, 1.807) is 11.3 Å². The smallest absolute Gasteiger partial charge is 0.103 e. The molecule has 0 saturated heterocycles. The van der Waals surface area contributed by atoms with E-state index in [0.717, 1.165) is 11.2 Å². The molecule has 0 unspecified atom stereocenters. The SMILES string of the molecule is CNc1ccc2[nH]nc3c2c1Sc1sccc1-3. The first-order valence-corrected chi connectivity index (χ1v) is 7.02. The Morgan fingerprint density at radius 3 is 3.12 bits per heavy atom. The van der Waals surface area contributed by atoms with E-state index in [4.69, 9.17) is 0 Å². The number of thiophene rings is 1. The van der Waals surface area contributed by atoms with E-state index < -0.39 is 0 Å². The molecule has 1 aliphatic heterocycles. The highest BCUT2D eigenvalue weighted by atomic mass is 32.2. The van der Waals surface area contributed by atoms with Crippen molar-refractivity contribution < 1.29 is 0 Å². The summed E-state index contributed by atoms with van der Waals surface area (Å²) in [6, 6.07) is 6.34. The van der Waals surface area contributed by atoms with Crippen molar-refractivity contribution in [3.63, 3.8) is 0 Å². The molecule has 0 bridgehead atoms. The van der Waals surface area contributed by atoms with Gasteiger partial charge in [-0.1, -0.05) is 11.8 Å². The molecule has 2 aromatic heterocycles. The van der Waals surface area contributed by atoms with Gasteiger partial charge < -0.3 is 5.32 Å². The van der Waals surface area contributed by atoms with Crippen molar-refractivity contribution in [2.45, 2.75) is 9.10 Å². The standard InChI is InChI=1S/C12H9N3S2/c1-13-8-3-2-7-9-10(15-14-7)6-4-5-16-12(6)17-11(8)9/h2-5,13H,1H3,(H,14,15). The van der Waals surface area contributed by atoms with E-state index in [9.17, 15) is 0 Å². The predicted octanol–water partition coefficient (Wildman–Crippen LogP) is 3.80. The second-order valence-electron chi connectivity index (χ2n) is 3.91. The van der Waals surface area contributed by atoms with Crippen LogP contribution in [0.4, 0.5) is 5.69 Å². The summed E-state index contributed by atoms with van der Waals surface area (Å²) in [5.74, 6) is 0. The van der Waals surface area contributed by atoms with Gasteiger partial charge in [0.25, 0.3) is 0 Å². The highest BCUT2D eigenvalue weighted by Gasteiger charge is 2.24. The first-order valence-electron chi connectivity index (χ1n) is 5.33. The van der Waals surface area contributed by atoms with Crippen LogP contribution in [-0.2, 0) is 0 Å². The summed E-state index contributed by atoms with van der Waals surface area (Å²) in [6.07, 6.45) is 0. The van der Waals surface area contributed by atoms with Gasteiger partial charge in [0.2, 0.25) is 0 Å². The van der Waals surface area contributed by atoms with Crippen LogP contribution in [0.3, 0.4) is 0 Å². The Hall–Kier alpha value is -1.46. The number of aromatic nitrogens is 2. The Morgan fingerprint density at radius 1 is 1.29 bits per heavy atom. The summed E-state index contributed by atoms with van der Waals surface area (Å²) in [4.78, 5) is 1.28. The van der Waals surface area contributed by atoms with Crippen LogP contribution in [0.25, 0.3) is 22.2 Å². The summed E-state index contributed by atoms with van der Waals surface area (Å²) in [5.41, 5.74) is 4.62. The number of anilines is 1. The Balaban J connectivity index is 2.18. The Kier molecular flexibility index (Phi) is 1.84. The Bertz CT molecular complexity index is 727. The van der Waals surface area contributed by atoms with Crippen LogP contribution in [0.2, 0.25) is 0 Å². The Morgan fingerprint density at radius 2 is 2.24 bits per heavy atom. The third-order valence-corrected chi connectivity index (χ3v) is 5.31. The number of rotatable bonds is 1. The maximum Gasteiger partial charge on any atom is 0.103 e. The minimum Gasteiger partial charge on any atom is -0.387 e. The molecular formula is C12H9N3S2. The van der Waals surface area contributed by atoms with Crippen molar-refractivity contribution >= 4 is 39.7 Å². The van der Waals surface area contributed by atoms with E-state index in [0.29, 0.717) is 0 Å². The molecule has 1 aromatic carbocycles. The van der Waals surface area contributed by atoms with Crippen LogP contribution in [0.5, 0.6) is 0 Å². The summed E-state index contributed by atoms with van der Waals surface area (Å²) in [7, 11) is 1.96. The maximum absolute atomic E-state index is 4.46. The molecule has 3 aromatic rings. The molecular weight excluding hydrogens is 250 g/mol. The Labute approximate surface area is 106 Å². The molecule has 0 saturated carbocycles. The van der Waals surface area contributed by atoms with Crippen molar-refractivity contribution in [3.8, 4) is 11.3 Å². The number of fused-ring (bicyclic) bond motifs is 2. The zero-order chi connectivity index (χ0) is 11.4. The van der Waals surface area contributed by atoms with Crippen LogP contribution in [0, 0.1) is 0 Å². The second-order valence-corrected chi connectivity index (χ2v) is 6.11.